The van der Waals surface area contributed by atoms with Gasteiger partial charge in [0, 0.05) is 76.1 Å². The van der Waals surface area contributed by atoms with Gasteiger partial charge in [0.15, 0.2) is 5.54 Å². The highest BCUT2D eigenvalue weighted by Crippen LogP contribution is 2.59. The van der Waals surface area contributed by atoms with E-state index in [0.717, 1.165) is 82.7 Å². The smallest absolute Gasteiger partial charge is 0.214 e. The number of fused-ring (bicyclic) bond motifs is 1. The minimum absolute atomic E-state index is 0.0506. The van der Waals surface area contributed by atoms with Crippen LogP contribution in [0.25, 0.3) is 0 Å². The van der Waals surface area contributed by atoms with Crippen LogP contribution in [-0.2, 0) is 20.6 Å². The molecular weight excluding hydrogens is 591 g/mol. The number of morpholine rings is 1. The Hall–Kier alpha value is -2.34. The Kier molecular flexibility index (Phi) is 8.23. The van der Waals surface area contributed by atoms with E-state index in [4.69, 9.17) is 14.2 Å². The molecule has 0 amide bonds. The van der Waals surface area contributed by atoms with Crippen LogP contribution in [-0.4, -0.2) is 121 Å². The summed E-state index contributed by atoms with van der Waals surface area (Å²) in [4.78, 5) is 10.5. The molecule has 7 aliphatic rings. The standard InChI is InChI=1S/C34H43N5O3S2/c1-2-8-28-27(7-1)11-14-39(28)31-32(36-15-12-35-13-16-36)42-34(30-10-4-6-24-44-30,38-19-25-43-26-20-38)33(31,29-9-3-5-21-41-29)37-17-22-40-23-18-37/h1-10,21,24,29-30,35H,11-20,22-23,25-26H2. The van der Waals surface area contributed by atoms with E-state index in [-0.39, 0.29) is 11.4 Å². The van der Waals surface area contributed by atoms with Crippen molar-refractivity contribution in [3.05, 3.63) is 89.5 Å². The number of nitrogens with one attached hydrogen (secondary N) is 1. The van der Waals surface area contributed by atoms with Gasteiger partial charge in [0.25, 0.3) is 0 Å². The number of para-hydroxylation sites is 1. The molecule has 3 fully saturated rings. The maximum Gasteiger partial charge on any atom is 0.214 e. The third-order valence-electron chi connectivity index (χ3n) is 10.1. The van der Waals surface area contributed by atoms with Crippen LogP contribution in [0.2, 0.25) is 0 Å². The summed E-state index contributed by atoms with van der Waals surface area (Å²) in [5.41, 5.74) is 2.56. The van der Waals surface area contributed by atoms with Gasteiger partial charge < -0.3 is 29.3 Å². The van der Waals surface area contributed by atoms with Crippen molar-refractivity contribution in [1.29, 1.82) is 0 Å². The molecule has 8 rings (SSSR count). The molecule has 7 heterocycles. The van der Waals surface area contributed by atoms with E-state index in [1.807, 2.05) is 24.1 Å². The van der Waals surface area contributed by atoms with E-state index in [9.17, 15) is 0 Å². The number of nitrogens with zero attached hydrogens (tertiary/aromatic N) is 4. The largest absolute Gasteiger partial charge is 0.491 e. The first-order chi connectivity index (χ1) is 21.8. The molecule has 0 aromatic heterocycles. The SMILES string of the molecule is C1=COC(C2(N3CCOCC3)C(N3CCc4ccccc43)=C(N3CCNCC3)OC2(C2C=CC=CS2)N2CCSCC2)C=C1. The zero-order valence-electron chi connectivity index (χ0n) is 25.3. The topological polar surface area (TPSA) is 52.7 Å². The van der Waals surface area contributed by atoms with Crippen molar-refractivity contribution in [1.82, 2.24) is 20.0 Å². The first-order valence-corrected chi connectivity index (χ1v) is 18.3. The molecule has 8 nitrogen and oxygen atoms in total. The number of hydrogen-bond acceptors (Lipinski definition) is 10. The Labute approximate surface area is 269 Å². The van der Waals surface area contributed by atoms with Gasteiger partial charge in [-0.05, 0) is 35.6 Å². The maximum atomic E-state index is 7.96. The number of anilines is 1. The molecule has 44 heavy (non-hydrogen) atoms. The summed E-state index contributed by atoms with van der Waals surface area (Å²) >= 11 is 3.94. The van der Waals surface area contributed by atoms with Crippen molar-refractivity contribution < 1.29 is 14.2 Å². The minimum Gasteiger partial charge on any atom is -0.491 e. The quantitative estimate of drug-likeness (QED) is 0.503. The minimum atomic E-state index is -0.732. The lowest BCUT2D eigenvalue weighted by atomic mass is 9.73. The zero-order chi connectivity index (χ0) is 29.4. The molecule has 1 N–H and O–H groups in total. The number of allylic oxidation sites excluding steroid dienone is 4. The molecule has 1 aromatic carbocycles. The Morgan fingerprint density at radius 3 is 2.43 bits per heavy atom. The van der Waals surface area contributed by atoms with Gasteiger partial charge in [0.05, 0.1) is 24.7 Å². The summed E-state index contributed by atoms with van der Waals surface area (Å²) in [7, 11) is 0. The molecule has 7 aliphatic heterocycles. The van der Waals surface area contributed by atoms with Crippen molar-refractivity contribution in [3.8, 4) is 0 Å². The fourth-order valence-electron chi connectivity index (χ4n) is 8.28. The summed E-state index contributed by atoms with van der Waals surface area (Å²) in [6, 6.07) is 8.97. The fraction of sp³-hybridized carbons (Fsp3) is 0.529. The molecule has 3 saturated heterocycles. The van der Waals surface area contributed by atoms with Gasteiger partial charge in [-0.3, -0.25) is 9.80 Å². The predicted octanol–water partition coefficient (Wildman–Crippen LogP) is 3.62. The van der Waals surface area contributed by atoms with Crippen LogP contribution in [0.3, 0.4) is 0 Å². The van der Waals surface area contributed by atoms with Gasteiger partial charge in [-0.15, -0.1) is 11.8 Å². The number of rotatable bonds is 6. The number of hydrogen-bond donors (Lipinski definition) is 1. The van der Waals surface area contributed by atoms with Crippen LogP contribution in [0.15, 0.2) is 84.0 Å². The molecule has 10 heteroatoms. The van der Waals surface area contributed by atoms with Crippen LogP contribution >= 0.6 is 23.5 Å². The van der Waals surface area contributed by atoms with Crippen molar-refractivity contribution in [2.24, 2.45) is 0 Å². The first-order valence-electron chi connectivity index (χ1n) is 16.2. The Bertz CT molecular complexity index is 1360. The zero-order valence-corrected chi connectivity index (χ0v) is 26.9. The monoisotopic (exact) mass is 633 g/mol. The molecule has 4 atom stereocenters. The van der Waals surface area contributed by atoms with E-state index in [1.54, 1.807) is 0 Å². The highest BCUT2D eigenvalue weighted by molar-refractivity contribution is 8.03. The lowest BCUT2D eigenvalue weighted by Gasteiger charge is -2.61. The third kappa shape index (κ3) is 4.59. The first kappa shape index (κ1) is 29.1. The molecule has 234 valence electrons. The van der Waals surface area contributed by atoms with Crippen LogP contribution in [0.4, 0.5) is 5.69 Å². The highest BCUT2D eigenvalue weighted by atomic mass is 32.2. The number of thioether (sulfide) groups is 2. The maximum absolute atomic E-state index is 7.96. The van der Waals surface area contributed by atoms with Crippen LogP contribution in [0.1, 0.15) is 5.56 Å². The molecule has 0 saturated carbocycles. The van der Waals surface area contributed by atoms with Crippen molar-refractivity contribution >= 4 is 29.2 Å². The molecule has 0 radical (unpaired) electrons. The average Bonchev–Trinajstić information content (AvgIpc) is 3.68. The predicted molar refractivity (Wildman–Crippen MR) is 180 cm³/mol. The second kappa shape index (κ2) is 12.5. The van der Waals surface area contributed by atoms with E-state index >= 15 is 0 Å². The van der Waals surface area contributed by atoms with Gasteiger partial charge in [0.1, 0.15) is 11.8 Å². The Morgan fingerprint density at radius 2 is 1.66 bits per heavy atom. The molecule has 4 unspecified atom stereocenters. The van der Waals surface area contributed by atoms with Crippen LogP contribution < -0.4 is 10.2 Å². The lowest BCUT2D eigenvalue weighted by Crippen LogP contribution is -2.80. The van der Waals surface area contributed by atoms with E-state index < -0.39 is 11.3 Å². The van der Waals surface area contributed by atoms with Gasteiger partial charge in [-0.25, -0.2) is 0 Å². The summed E-state index contributed by atoms with van der Waals surface area (Å²) < 4.78 is 20.9. The number of ether oxygens (including phenoxy) is 3. The molecule has 0 spiro atoms. The summed E-state index contributed by atoms with van der Waals surface area (Å²) in [5.74, 6) is 3.21. The summed E-state index contributed by atoms with van der Waals surface area (Å²) in [6.45, 7) is 9.59. The molecule has 1 aromatic rings. The van der Waals surface area contributed by atoms with Crippen LogP contribution in [0.5, 0.6) is 0 Å². The van der Waals surface area contributed by atoms with E-state index in [1.165, 1.54) is 16.9 Å². The molecule has 0 bridgehead atoms. The third-order valence-corrected chi connectivity index (χ3v) is 12.1. The Morgan fingerprint density at radius 1 is 0.841 bits per heavy atom. The summed E-state index contributed by atoms with van der Waals surface area (Å²) in [5, 5.41) is 5.89. The normalized spacial score (nSPS) is 34.4. The molecule has 0 aliphatic carbocycles. The lowest BCUT2D eigenvalue weighted by molar-refractivity contribution is -0.215. The summed E-state index contributed by atoms with van der Waals surface area (Å²) in [6.07, 6.45) is 15.9. The number of piperazine rings is 1. The van der Waals surface area contributed by atoms with Crippen molar-refractivity contribution in [2.45, 2.75) is 29.0 Å². The Balaban J connectivity index is 1.44. The molecular formula is C34H43N5O3S2. The van der Waals surface area contributed by atoms with E-state index in [2.05, 4.69) is 96.7 Å². The van der Waals surface area contributed by atoms with E-state index in [0.29, 0.717) is 13.2 Å². The van der Waals surface area contributed by atoms with Crippen molar-refractivity contribution in [2.75, 3.05) is 88.5 Å². The highest BCUT2D eigenvalue weighted by Gasteiger charge is 2.75. The van der Waals surface area contributed by atoms with Gasteiger partial charge in [0.2, 0.25) is 11.6 Å². The van der Waals surface area contributed by atoms with Gasteiger partial charge >= 0.3 is 0 Å². The van der Waals surface area contributed by atoms with Gasteiger partial charge in [-0.2, -0.15) is 11.8 Å². The van der Waals surface area contributed by atoms with Gasteiger partial charge in [-0.1, -0.05) is 42.5 Å². The number of benzene rings is 1. The average molecular weight is 634 g/mol. The van der Waals surface area contributed by atoms with Crippen molar-refractivity contribution in [3.63, 3.8) is 0 Å². The second-order valence-electron chi connectivity index (χ2n) is 12.2. The second-order valence-corrected chi connectivity index (χ2v) is 14.5. The van der Waals surface area contributed by atoms with Crippen LogP contribution in [0, 0.1) is 0 Å². The fourth-order valence-corrected chi connectivity index (χ4v) is 10.3.